The molecule has 3 nitrogen and oxygen atoms in total. The number of nitrogens with two attached hydrogens (primary N) is 1. The second-order valence-electron chi connectivity index (χ2n) is 3.68. The number of hydrogen-bond donors (Lipinski definition) is 3. The molecule has 0 amide bonds. The van der Waals surface area contributed by atoms with Crippen molar-refractivity contribution in [3.05, 3.63) is 54.3 Å². The summed E-state index contributed by atoms with van der Waals surface area (Å²) < 4.78 is 13.4. The molecular weight excluding hydrogens is 249 g/mol. The van der Waals surface area contributed by atoms with Crippen LogP contribution in [0.15, 0.2) is 48.5 Å². The molecule has 0 aliphatic rings. The van der Waals surface area contributed by atoms with E-state index < -0.39 is 0 Å². The molecule has 2 aromatic carbocycles. The molecule has 0 bridgehead atoms. The van der Waals surface area contributed by atoms with E-state index >= 15 is 0 Å². The molecule has 2 rings (SSSR count). The van der Waals surface area contributed by atoms with Crippen molar-refractivity contribution in [2.75, 3.05) is 16.4 Å². The van der Waals surface area contributed by atoms with Crippen molar-refractivity contribution in [2.45, 2.75) is 0 Å². The molecule has 0 aromatic heterocycles. The van der Waals surface area contributed by atoms with Gasteiger partial charge >= 0.3 is 0 Å². The Balaban J connectivity index is 2.01. The molecule has 0 unspecified atom stereocenters. The number of nitrogens with one attached hydrogen (secondary N) is 2. The third-order valence-electron chi connectivity index (χ3n) is 2.29. The first kappa shape index (κ1) is 12.3. The Kier molecular flexibility index (Phi) is 3.74. The third kappa shape index (κ3) is 3.18. The molecular formula is C13H12FN3S. The SMILES string of the molecule is Nc1ccc(NC(=S)Nc2ccccc2F)cc1. The zero-order chi connectivity index (χ0) is 13.0. The molecule has 18 heavy (non-hydrogen) atoms. The Hall–Kier alpha value is -2.14. The fourth-order valence-electron chi connectivity index (χ4n) is 1.41. The standard InChI is InChI=1S/C13H12FN3S/c14-11-3-1-2-4-12(11)17-13(18)16-10-7-5-9(15)6-8-10/h1-8H,15H2,(H2,16,17,18). The molecule has 0 spiro atoms. The Bertz CT molecular complexity index is 554. The van der Waals surface area contributed by atoms with Gasteiger partial charge in [0.05, 0.1) is 5.69 Å². The normalized spacial score (nSPS) is 9.83. The predicted molar refractivity (Wildman–Crippen MR) is 77.1 cm³/mol. The molecule has 0 aliphatic carbocycles. The quantitative estimate of drug-likeness (QED) is 0.574. The highest BCUT2D eigenvalue weighted by atomic mass is 32.1. The fourth-order valence-corrected chi connectivity index (χ4v) is 1.64. The van der Waals surface area contributed by atoms with E-state index in [1.54, 1.807) is 42.5 Å². The molecule has 2 aromatic rings. The van der Waals surface area contributed by atoms with Crippen LogP contribution < -0.4 is 16.4 Å². The van der Waals surface area contributed by atoms with E-state index in [0.29, 0.717) is 16.5 Å². The van der Waals surface area contributed by atoms with Crippen molar-refractivity contribution in [1.29, 1.82) is 0 Å². The molecule has 5 heteroatoms. The average Bonchev–Trinajstić information content (AvgIpc) is 2.35. The molecule has 0 saturated heterocycles. The van der Waals surface area contributed by atoms with Gasteiger partial charge in [-0.25, -0.2) is 4.39 Å². The van der Waals surface area contributed by atoms with Crippen LogP contribution in [0.3, 0.4) is 0 Å². The van der Waals surface area contributed by atoms with E-state index in [2.05, 4.69) is 10.6 Å². The zero-order valence-electron chi connectivity index (χ0n) is 9.48. The van der Waals surface area contributed by atoms with Gasteiger partial charge in [0.2, 0.25) is 0 Å². The lowest BCUT2D eigenvalue weighted by Gasteiger charge is -2.11. The van der Waals surface area contributed by atoms with Crippen molar-refractivity contribution in [1.82, 2.24) is 0 Å². The molecule has 0 atom stereocenters. The fraction of sp³-hybridized carbons (Fsp3) is 0. The van der Waals surface area contributed by atoms with E-state index in [1.807, 2.05) is 0 Å². The Morgan fingerprint density at radius 1 is 1.00 bits per heavy atom. The van der Waals surface area contributed by atoms with Crippen LogP contribution in [-0.2, 0) is 0 Å². The maximum Gasteiger partial charge on any atom is 0.175 e. The number of anilines is 3. The number of nitrogen functional groups attached to an aromatic ring is 1. The second-order valence-corrected chi connectivity index (χ2v) is 4.09. The summed E-state index contributed by atoms with van der Waals surface area (Å²) in [6, 6.07) is 13.5. The summed E-state index contributed by atoms with van der Waals surface area (Å²) in [5, 5.41) is 6.05. The minimum atomic E-state index is -0.348. The van der Waals surface area contributed by atoms with Crippen LogP contribution in [0.25, 0.3) is 0 Å². The highest BCUT2D eigenvalue weighted by molar-refractivity contribution is 7.80. The second kappa shape index (κ2) is 5.46. The van der Waals surface area contributed by atoms with Gasteiger partial charge in [-0.3, -0.25) is 0 Å². The summed E-state index contributed by atoms with van der Waals surface area (Å²) in [6.07, 6.45) is 0. The maximum atomic E-state index is 13.4. The van der Waals surface area contributed by atoms with Gasteiger partial charge in [0.1, 0.15) is 5.82 Å². The van der Waals surface area contributed by atoms with Crippen LogP contribution in [0.2, 0.25) is 0 Å². The summed E-state index contributed by atoms with van der Waals surface area (Å²) in [4.78, 5) is 0. The van der Waals surface area contributed by atoms with Crippen molar-refractivity contribution in [2.24, 2.45) is 0 Å². The lowest BCUT2D eigenvalue weighted by atomic mass is 10.3. The van der Waals surface area contributed by atoms with Crippen molar-refractivity contribution in [3.63, 3.8) is 0 Å². The van der Waals surface area contributed by atoms with Gasteiger partial charge in [0, 0.05) is 11.4 Å². The average molecular weight is 261 g/mol. The number of hydrogen-bond acceptors (Lipinski definition) is 2. The number of benzene rings is 2. The minimum absolute atomic E-state index is 0.324. The molecule has 4 N–H and O–H groups in total. The zero-order valence-corrected chi connectivity index (χ0v) is 10.3. The van der Waals surface area contributed by atoms with E-state index in [4.69, 9.17) is 18.0 Å². The minimum Gasteiger partial charge on any atom is -0.399 e. The Morgan fingerprint density at radius 2 is 1.67 bits per heavy atom. The van der Waals surface area contributed by atoms with Gasteiger partial charge in [-0.2, -0.15) is 0 Å². The lowest BCUT2D eigenvalue weighted by Crippen LogP contribution is -2.19. The maximum absolute atomic E-state index is 13.4. The molecule has 0 fully saturated rings. The van der Waals surface area contributed by atoms with E-state index in [0.717, 1.165) is 5.69 Å². The smallest absolute Gasteiger partial charge is 0.175 e. The first-order chi connectivity index (χ1) is 8.65. The molecule has 92 valence electrons. The third-order valence-corrected chi connectivity index (χ3v) is 2.49. The number of thiocarbonyl (C=S) groups is 1. The highest BCUT2D eigenvalue weighted by Gasteiger charge is 2.02. The number of rotatable bonds is 2. The summed E-state index contributed by atoms with van der Waals surface area (Å²) >= 11 is 5.09. The van der Waals surface area contributed by atoms with E-state index in [9.17, 15) is 4.39 Å². The van der Waals surface area contributed by atoms with Crippen LogP contribution in [-0.4, -0.2) is 5.11 Å². The van der Waals surface area contributed by atoms with Crippen LogP contribution in [0, 0.1) is 5.82 Å². The van der Waals surface area contributed by atoms with Gasteiger partial charge in [0.15, 0.2) is 5.11 Å². The Labute approximate surface area is 110 Å². The summed E-state index contributed by atoms with van der Waals surface area (Å²) in [5.74, 6) is -0.348. The van der Waals surface area contributed by atoms with Crippen LogP contribution in [0.5, 0.6) is 0 Å². The predicted octanol–water partition coefficient (Wildman–Crippen LogP) is 3.22. The van der Waals surface area contributed by atoms with Gasteiger partial charge in [-0.05, 0) is 48.6 Å². The van der Waals surface area contributed by atoms with Crippen molar-refractivity contribution >= 4 is 34.4 Å². The van der Waals surface area contributed by atoms with Gasteiger partial charge < -0.3 is 16.4 Å². The highest BCUT2D eigenvalue weighted by Crippen LogP contribution is 2.14. The summed E-state index contributed by atoms with van der Waals surface area (Å²) in [5.41, 5.74) is 7.38. The molecule has 0 saturated carbocycles. The molecule has 0 heterocycles. The lowest BCUT2D eigenvalue weighted by molar-refractivity contribution is 0.632. The van der Waals surface area contributed by atoms with Gasteiger partial charge in [-0.1, -0.05) is 12.1 Å². The van der Waals surface area contributed by atoms with Gasteiger partial charge in [0.25, 0.3) is 0 Å². The largest absolute Gasteiger partial charge is 0.399 e. The summed E-state index contributed by atoms with van der Waals surface area (Å²) in [7, 11) is 0. The first-order valence-corrected chi connectivity index (χ1v) is 5.74. The van der Waals surface area contributed by atoms with Crippen LogP contribution >= 0.6 is 12.2 Å². The molecule has 0 radical (unpaired) electrons. The number of para-hydroxylation sites is 1. The molecule has 0 aliphatic heterocycles. The van der Waals surface area contributed by atoms with E-state index in [1.165, 1.54) is 6.07 Å². The van der Waals surface area contributed by atoms with E-state index in [-0.39, 0.29) is 5.82 Å². The van der Waals surface area contributed by atoms with Crippen LogP contribution in [0.1, 0.15) is 0 Å². The van der Waals surface area contributed by atoms with Crippen molar-refractivity contribution < 1.29 is 4.39 Å². The number of halogens is 1. The van der Waals surface area contributed by atoms with Crippen LogP contribution in [0.4, 0.5) is 21.5 Å². The topological polar surface area (TPSA) is 50.1 Å². The first-order valence-electron chi connectivity index (χ1n) is 5.33. The van der Waals surface area contributed by atoms with Gasteiger partial charge in [-0.15, -0.1) is 0 Å². The Morgan fingerprint density at radius 3 is 2.33 bits per heavy atom. The summed E-state index contributed by atoms with van der Waals surface area (Å²) in [6.45, 7) is 0. The van der Waals surface area contributed by atoms with Crippen molar-refractivity contribution in [3.8, 4) is 0 Å². The monoisotopic (exact) mass is 261 g/mol.